The second kappa shape index (κ2) is 7.30. The summed E-state index contributed by atoms with van der Waals surface area (Å²) in [5.41, 5.74) is 0. The zero-order valence-electron chi connectivity index (χ0n) is 9.63. The molecule has 0 heterocycles. The molecule has 0 rings (SSSR count). The summed E-state index contributed by atoms with van der Waals surface area (Å²) in [6, 6.07) is 0.550. The average molecular weight is 188 g/mol. The lowest BCUT2D eigenvalue weighted by Crippen LogP contribution is -2.38. The largest absolute Gasteiger partial charge is 0.384 e. The van der Waals surface area contributed by atoms with E-state index in [9.17, 15) is 0 Å². The molecule has 3 nitrogen and oxygen atoms in total. The van der Waals surface area contributed by atoms with E-state index in [1.165, 1.54) is 0 Å². The fourth-order valence-corrected chi connectivity index (χ4v) is 1.36. The number of methoxy groups -OCH3 is 1. The van der Waals surface area contributed by atoms with Crippen molar-refractivity contribution in [3.8, 4) is 0 Å². The number of likely N-dealkylation sites (N-methyl/N-ethyl adjacent to an activating group) is 1. The van der Waals surface area contributed by atoms with Crippen LogP contribution in [0.25, 0.3) is 0 Å². The Morgan fingerprint density at radius 3 is 2.38 bits per heavy atom. The van der Waals surface area contributed by atoms with Crippen molar-refractivity contribution in [3.63, 3.8) is 0 Å². The van der Waals surface area contributed by atoms with Crippen LogP contribution in [-0.2, 0) is 4.74 Å². The quantitative estimate of drug-likeness (QED) is 0.640. The molecule has 0 saturated carbocycles. The number of nitrogens with one attached hydrogen (secondary N) is 1. The Bertz CT molecular complexity index is 117. The minimum absolute atomic E-state index is 0.550. The minimum atomic E-state index is 0.550. The van der Waals surface area contributed by atoms with Crippen molar-refractivity contribution in [2.45, 2.75) is 19.9 Å². The third-order valence-corrected chi connectivity index (χ3v) is 1.90. The first kappa shape index (κ1) is 12.9. The van der Waals surface area contributed by atoms with Gasteiger partial charge in [-0.3, -0.25) is 0 Å². The molecule has 0 fully saturated rings. The van der Waals surface area contributed by atoms with Crippen LogP contribution in [0.2, 0.25) is 0 Å². The molecule has 3 heteroatoms. The first-order chi connectivity index (χ1) is 6.06. The summed E-state index contributed by atoms with van der Waals surface area (Å²) in [6.45, 7) is 7.35. The van der Waals surface area contributed by atoms with E-state index in [4.69, 9.17) is 4.74 Å². The van der Waals surface area contributed by atoms with Gasteiger partial charge in [-0.2, -0.15) is 0 Å². The van der Waals surface area contributed by atoms with Crippen LogP contribution in [0.4, 0.5) is 0 Å². The Morgan fingerprint density at radius 2 is 1.92 bits per heavy atom. The molecule has 2 unspecified atom stereocenters. The van der Waals surface area contributed by atoms with Crippen LogP contribution in [0.15, 0.2) is 0 Å². The molecule has 0 aliphatic carbocycles. The molecule has 0 bridgehead atoms. The first-order valence-electron chi connectivity index (χ1n) is 4.93. The van der Waals surface area contributed by atoms with Gasteiger partial charge in [0.1, 0.15) is 0 Å². The molecular weight excluding hydrogens is 164 g/mol. The Hall–Kier alpha value is -0.120. The van der Waals surface area contributed by atoms with Crippen molar-refractivity contribution < 1.29 is 4.74 Å². The van der Waals surface area contributed by atoms with Gasteiger partial charge in [0.2, 0.25) is 0 Å². The lowest BCUT2D eigenvalue weighted by Gasteiger charge is -2.20. The molecule has 0 amide bonds. The second-order valence-corrected chi connectivity index (χ2v) is 4.13. The highest BCUT2D eigenvalue weighted by Gasteiger charge is 2.05. The normalized spacial score (nSPS) is 16.2. The van der Waals surface area contributed by atoms with Crippen LogP contribution in [-0.4, -0.2) is 51.8 Å². The van der Waals surface area contributed by atoms with Crippen molar-refractivity contribution >= 4 is 0 Å². The van der Waals surface area contributed by atoms with E-state index in [1.807, 2.05) is 0 Å². The molecule has 0 aliphatic rings. The van der Waals surface area contributed by atoms with Gasteiger partial charge in [-0.25, -0.2) is 0 Å². The Kier molecular flexibility index (Phi) is 7.23. The van der Waals surface area contributed by atoms with E-state index in [0.717, 1.165) is 19.7 Å². The molecular formula is C10H24N2O. The summed E-state index contributed by atoms with van der Waals surface area (Å²) >= 11 is 0. The van der Waals surface area contributed by atoms with Gasteiger partial charge in [0.05, 0.1) is 0 Å². The molecule has 0 aromatic rings. The first-order valence-corrected chi connectivity index (χ1v) is 4.93. The Morgan fingerprint density at radius 1 is 1.31 bits per heavy atom. The van der Waals surface area contributed by atoms with E-state index in [1.54, 1.807) is 7.11 Å². The van der Waals surface area contributed by atoms with E-state index in [-0.39, 0.29) is 0 Å². The summed E-state index contributed by atoms with van der Waals surface area (Å²) in [7, 11) is 5.94. The molecule has 13 heavy (non-hydrogen) atoms. The zero-order chi connectivity index (χ0) is 10.3. The van der Waals surface area contributed by atoms with E-state index in [2.05, 4.69) is 38.2 Å². The molecule has 0 aromatic carbocycles. The van der Waals surface area contributed by atoms with Crippen molar-refractivity contribution in [2.24, 2.45) is 5.92 Å². The fourth-order valence-electron chi connectivity index (χ4n) is 1.36. The van der Waals surface area contributed by atoms with E-state index in [0.29, 0.717) is 12.0 Å². The molecule has 80 valence electrons. The lowest BCUT2D eigenvalue weighted by atomic mass is 10.2. The highest BCUT2D eigenvalue weighted by atomic mass is 16.5. The van der Waals surface area contributed by atoms with Gasteiger partial charge in [0.25, 0.3) is 0 Å². The van der Waals surface area contributed by atoms with E-state index >= 15 is 0 Å². The van der Waals surface area contributed by atoms with Crippen LogP contribution in [0.3, 0.4) is 0 Å². The summed E-state index contributed by atoms with van der Waals surface area (Å²) < 4.78 is 5.07. The number of hydrogen-bond donors (Lipinski definition) is 1. The van der Waals surface area contributed by atoms with Crippen molar-refractivity contribution in [1.82, 2.24) is 10.2 Å². The highest BCUT2D eigenvalue weighted by Crippen LogP contribution is 1.94. The Balaban J connectivity index is 3.40. The molecule has 0 aromatic heterocycles. The van der Waals surface area contributed by atoms with Gasteiger partial charge >= 0.3 is 0 Å². The maximum absolute atomic E-state index is 5.07. The van der Waals surface area contributed by atoms with Gasteiger partial charge in [0.15, 0.2) is 0 Å². The summed E-state index contributed by atoms with van der Waals surface area (Å²) in [5, 5.41) is 3.48. The van der Waals surface area contributed by atoms with Crippen LogP contribution in [0.1, 0.15) is 13.8 Å². The number of nitrogens with zero attached hydrogens (tertiary/aromatic N) is 1. The standard InChI is InChI=1S/C10H24N2O/c1-9(8-13-5)6-11-10(2)7-12(3)4/h9-11H,6-8H2,1-5H3. The maximum Gasteiger partial charge on any atom is 0.0499 e. The molecule has 1 N–H and O–H groups in total. The van der Waals surface area contributed by atoms with Crippen LogP contribution in [0, 0.1) is 5.92 Å². The third-order valence-electron chi connectivity index (χ3n) is 1.90. The van der Waals surface area contributed by atoms with Crippen molar-refractivity contribution in [2.75, 3.05) is 40.9 Å². The van der Waals surface area contributed by atoms with Crippen LogP contribution < -0.4 is 5.32 Å². The van der Waals surface area contributed by atoms with Gasteiger partial charge in [-0.05, 0) is 26.9 Å². The molecule has 0 saturated heterocycles. The summed E-state index contributed by atoms with van der Waals surface area (Å²) in [5.74, 6) is 0.592. The van der Waals surface area contributed by atoms with Gasteiger partial charge in [0, 0.05) is 32.8 Å². The molecule has 0 spiro atoms. The SMILES string of the molecule is COCC(C)CNC(C)CN(C)C. The predicted molar refractivity (Wildman–Crippen MR) is 57.1 cm³/mol. The predicted octanol–water partition coefficient (Wildman–Crippen LogP) is 0.809. The molecule has 0 aliphatic heterocycles. The summed E-state index contributed by atoms with van der Waals surface area (Å²) in [6.07, 6.45) is 0. The molecule has 0 radical (unpaired) electrons. The monoisotopic (exact) mass is 188 g/mol. The topological polar surface area (TPSA) is 24.5 Å². The highest BCUT2D eigenvalue weighted by molar-refractivity contribution is 4.65. The number of hydrogen-bond acceptors (Lipinski definition) is 3. The second-order valence-electron chi connectivity index (χ2n) is 4.13. The fraction of sp³-hybridized carbons (Fsp3) is 1.00. The maximum atomic E-state index is 5.07. The number of rotatable bonds is 7. The average Bonchev–Trinajstić information content (AvgIpc) is 2.00. The van der Waals surface area contributed by atoms with E-state index < -0.39 is 0 Å². The summed E-state index contributed by atoms with van der Waals surface area (Å²) in [4.78, 5) is 2.19. The van der Waals surface area contributed by atoms with Gasteiger partial charge < -0.3 is 15.0 Å². The third kappa shape index (κ3) is 8.22. The van der Waals surface area contributed by atoms with Gasteiger partial charge in [-0.1, -0.05) is 6.92 Å². The van der Waals surface area contributed by atoms with Crippen LogP contribution in [0.5, 0.6) is 0 Å². The Labute approximate surface area is 82.4 Å². The number of ether oxygens (including phenoxy) is 1. The zero-order valence-corrected chi connectivity index (χ0v) is 9.63. The van der Waals surface area contributed by atoms with Crippen molar-refractivity contribution in [3.05, 3.63) is 0 Å². The van der Waals surface area contributed by atoms with Gasteiger partial charge in [-0.15, -0.1) is 0 Å². The lowest BCUT2D eigenvalue weighted by molar-refractivity contribution is 0.156. The minimum Gasteiger partial charge on any atom is -0.384 e. The van der Waals surface area contributed by atoms with Crippen molar-refractivity contribution in [1.29, 1.82) is 0 Å². The smallest absolute Gasteiger partial charge is 0.0499 e. The van der Waals surface area contributed by atoms with Crippen LogP contribution >= 0.6 is 0 Å². The molecule has 2 atom stereocenters.